The molecule has 0 amide bonds. The molecule has 0 radical (unpaired) electrons. The van der Waals surface area contributed by atoms with Gasteiger partial charge in [0.25, 0.3) is 0 Å². The summed E-state index contributed by atoms with van der Waals surface area (Å²) in [6, 6.07) is 0.876. The molecule has 0 aliphatic heterocycles. The van der Waals surface area contributed by atoms with Crippen molar-refractivity contribution in [2.45, 2.75) is 95.1 Å². The summed E-state index contributed by atoms with van der Waals surface area (Å²) in [6.45, 7) is 1.58. The number of nitrogens with zero attached hydrogens (tertiary/aromatic N) is 2. The monoisotopic (exact) mass is 395 g/mol. The minimum atomic E-state index is -0.159. The summed E-state index contributed by atoms with van der Waals surface area (Å²) in [5.74, 6) is 5.18. The first-order valence-electron chi connectivity index (χ1n) is 12.3. The molecule has 4 heteroatoms. The predicted molar refractivity (Wildman–Crippen MR) is 108 cm³/mol. The Labute approximate surface area is 174 Å². The molecule has 9 rings (SSSR count). The molecule has 8 bridgehead atoms. The van der Waals surface area contributed by atoms with Gasteiger partial charge in [-0.3, -0.25) is 4.79 Å². The highest BCUT2D eigenvalue weighted by Crippen LogP contribution is 2.60. The van der Waals surface area contributed by atoms with E-state index in [4.69, 9.17) is 4.74 Å². The number of imidazole rings is 1. The van der Waals surface area contributed by atoms with E-state index in [1.807, 2.05) is 0 Å². The highest BCUT2D eigenvalue weighted by atomic mass is 16.6. The Hall–Kier alpha value is -1.32. The Kier molecular flexibility index (Phi) is 3.40. The van der Waals surface area contributed by atoms with E-state index < -0.39 is 0 Å². The van der Waals surface area contributed by atoms with E-state index in [1.54, 1.807) is 6.92 Å². The third-order valence-corrected chi connectivity index (χ3v) is 10.0. The number of ether oxygens (including phenoxy) is 1. The molecule has 156 valence electrons. The van der Waals surface area contributed by atoms with Gasteiger partial charge in [0, 0.05) is 6.92 Å². The highest BCUT2D eigenvalue weighted by Gasteiger charge is 2.59. The van der Waals surface area contributed by atoms with Gasteiger partial charge in [-0.25, -0.2) is 0 Å². The SMILES string of the molecule is CC(=O)Oc1n(C23CC4CC(CC(C4)C2)C3)cc[n+]1C12CC3CC(CC(C3)C1)C2. The number of carbonyl (C=O) groups excluding carboxylic acids is 1. The van der Waals surface area contributed by atoms with Crippen molar-refractivity contribution < 1.29 is 14.1 Å². The topological polar surface area (TPSA) is 35.1 Å². The van der Waals surface area contributed by atoms with Crippen LogP contribution in [0.2, 0.25) is 0 Å². The molecule has 0 aromatic carbocycles. The van der Waals surface area contributed by atoms with E-state index in [1.165, 1.54) is 77.0 Å². The van der Waals surface area contributed by atoms with Crippen LogP contribution in [0.25, 0.3) is 0 Å². The molecule has 29 heavy (non-hydrogen) atoms. The standard InChI is InChI=1S/C25H35N2O2/c1-16(28)29-23-26(24-10-17-4-18(11-24)6-19(5-17)12-24)2-3-27(23)25-13-20-7-21(14-25)9-22(8-20)15-25/h2-3,17-22H,4-15H2,1H3/q+1. The van der Waals surface area contributed by atoms with Gasteiger partial charge < -0.3 is 4.74 Å². The van der Waals surface area contributed by atoms with Crippen LogP contribution in [0.5, 0.6) is 6.01 Å². The molecule has 0 spiro atoms. The van der Waals surface area contributed by atoms with E-state index in [-0.39, 0.29) is 17.0 Å². The zero-order valence-corrected chi connectivity index (χ0v) is 17.8. The fourth-order valence-corrected chi connectivity index (χ4v) is 10.0. The third kappa shape index (κ3) is 2.44. The first kappa shape index (κ1) is 17.4. The van der Waals surface area contributed by atoms with Crippen molar-refractivity contribution in [1.82, 2.24) is 4.57 Å². The second-order valence-electron chi connectivity index (χ2n) is 12.2. The van der Waals surface area contributed by atoms with Gasteiger partial charge in [0.05, 0.1) is 0 Å². The molecule has 1 aromatic rings. The fourth-order valence-electron chi connectivity index (χ4n) is 10.0. The summed E-state index contributed by atoms with van der Waals surface area (Å²) in [5.41, 5.74) is 0.403. The molecule has 0 saturated heterocycles. The molecule has 8 aliphatic rings. The van der Waals surface area contributed by atoms with Crippen LogP contribution >= 0.6 is 0 Å². The number of aromatic nitrogens is 2. The molecular formula is C25H35N2O2+. The molecule has 1 heterocycles. The summed E-state index contributed by atoms with van der Waals surface area (Å²) < 4.78 is 11.0. The van der Waals surface area contributed by atoms with Crippen LogP contribution in [0.15, 0.2) is 12.4 Å². The number of esters is 1. The summed E-state index contributed by atoms with van der Waals surface area (Å²) in [5, 5.41) is 0. The van der Waals surface area contributed by atoms with E-state index >= 15 is 0 Å². The van der Waals surface area contributed by atoms with Gasteiger partial charge in [0.1, 0.15) is 23.5 Å². The van der Waals surface area contributed by atoms with Crippen molar-refractivity contribution in [3.8, 4) is 6.01 Å². The van der Waals surface area contributed by atoms with Crippen molar-refractivity contribution in [2.75, 3.05) is 0 Å². The quantitative estimate of drug-likeness (QED) is 0.556. The third-order valence-electron chi connectivity index (χ3n) is 10.0. The highest BCUT2D eigenvalue weighted by molar-refractivity contribution is 5.68. The minimum Gasteiger partial charge on any atom is -0.357 e. The Balaban J connectivity index is 1.34. The Bertz CT molecular complexity index is 736. The number of hydrogen-bond donors (Lipinski definition) is 0. The summed E-state index contributed by atoms with van der Waals surface area (Å²) in [7, 11) is 0. The Morgan fingerprint density at radius 3 is 1.76 bits per heavy atom. The van der Waals surface area contributed by atoms with Gasteiger partial charge in [-0.15, -0.1) is 0 Å². The largest absolute Gasteiger partial charge is 0.464 e. The van der Waals surface area contributed by atoms with E-state index in [9.17, 15) is 4.79 Å². The lowest BCUT2D eigenvalue weighted by atomic mass is 9.52. The Morgan fingerprint density at radius 1 is 0.862 bits per heavy atom. The molecule has 8 aliphatic carbocycles. The van der Waals surface area contributed by atoms with E-state index in [2.05, 4.69) is 21.5 Å². The summed E-state index contributed by atoms with van der Waals surface area (Å²) >= 11 is 0. The minimum absolute atomic E-state index is 0.159. The normalized spacial score (nSPS) is 49.0. The van der Waals surface area contributed by atoms with Gasteiger partial charge in [-0.05, 0) is 113 Å². The van der Waals surface area contributed by atoms with Gasteiger partial charge in [-0.1, -0.05) is 0 Å². The average molecular weight is 396 g/mol. The molecule has 1 aromatic heterocycles. The van der Waals surface area contributed by atoms with Crippen LogP contribution in [-0.4, -0.2) is 10.5 Å². The van der Waals surface area contributed by atoms with Crippen LogP contribution in [0.4, 0.5) is 0 Å². The second kappa shape index (κ2) is 5.68. The van der Waals surface area contributed by atoms with Crippen molar-refractivity contribution in [3.05, 3.63) is 12.4 Å². The van der Waals surface area contributed by atoms with Crippen LogP contribution in [0.1, 0.15) is 84.0 Å². The van der Waals surface area contributed by atoms with Gasteiger partial charge in [0.2, 0.25) is 0 Å². The maximum absolute atomic E-state index is 12.2. The van der Waals surface area contributed by atoms with Gasteiger partial charge in [-0.2, -0.15) is 9.13 Å². The number of rotatable bonds is 3. The lowest BCUT2D eigenvalue weighted by Gasteiger charge is -2.55. The average Bonchev–Trinajstić information content (AvgIpc) is 3.04. The maximum Gasteiger partial charge on any atom is 0.464 e. The van der Waals surface area contributed by atoms with Crippen molar-refractivity contribution in [1.29, 1.82) is 0 Å². The first-order valence-corrected chi connectivity index (χ1v) is 12.3. The van der Waals surface area contributed by atoms with Crippen LogP contribution < -0.4 is 9.30 Å². The summed E-state index contributed by atoms with van der Waals surface area (Å²) in [4.78, 5) is 12.2. The second-order valence-corrected chi connectivity index (χ2v) is 12.2. The van der Waals surface area contributed by atoms with Gasteiger partial charge >= 0.3 is 12.0 Å². The van der Waals surface area contributed by atoms with E-state index in [0.29, 0.717) is 0 Å². The van der Waals surface area contributed by atoms with Crippen LogP contribution in [-0.2, 0) is 15.9 Å². The van der Waals surface area contributed by atoms with Gasteiger partial charge in [0.15, 0.2) is 0 Å². The zero-order valence-electron chi connectivity index (χ0n) is 17.8. The fraction of sp³-hybridized carbons (Fsp3) is 0.840. The molecule has 0 N–H and O–H groups in total. The molecular weight excluding hydrogens is 360 g/mol. The molecule has 8 fully saturated rings. The molecule has 0 unspecified atom stereocenters. The number of carbonyl (C=O) groups is 1. The lowest BCUT2D eigenvalue weighted by molar-refractivity contribution is -0.778. The maximum atomic E-state index is 12.2. The first-order chi connectivity index (χ1) is 14.0. The zero-order chi connectivity index (χ0) is 19.4. The van der Waals surface area contributed by atoms with Crippen LogP contribution in [0, 0.1) is 35.5 Å². The molecule has 4 nitrogen and oxygen atoms in total. The predicted octanol–water partition coefficient (Wildman–Crippen LogP) is 4.55. The van der Waals surface area contributed by atoms with Crippen molar-refractivity contribution in [2.24, 2.45) is 35.5 Å². The number of hydrogen-bond acceptors (Lipinski definition) is 2. The smallest absolute Gasteiger partial charge is 0.357 e. The molecule has 8 saturated carbocycles. The van der Waals surface area contributed by atoms with Crippen molar-refractivity contribution in [3.63, 3.8) is 0 Å². The molecule has 0 atom stereocenters. The summed E-state index contributed by atoms with van der Waals surface area (Å²) in [6.07, 6.45) is 21.0. The van der Waals surface area contributed by atoms with Crippen molar-refractivity contribution >= 4 is 5.97 Å². The Morgan fingerprint density at radius 2 is 1.31 bits per heavy atom. The van der Waals surface area contributed by atoms with E-state index in [0.717, 1.165) is 41.5 Å². The lowest BCUT2D eigenvalue weighted by Crippen LogP contribution is -2.65. The van der Waals surface area contributed by atoms with Crippen LogP contribution in [0.3, 0.4) is 0 Å².